The van der Waals surface area contributed by atoms with Crippen molar-refractivity contribution in [3.63, 3.8) is 0 Å². The molecule has 0 fully saturated rings. The lowest BCUT2D eigenvalue weighted by atomic mass is 10.0. The van der Waals surface area contributed by atoms with Crippen LogP contribution in [0.25, 0.3) is 105 Å². The van der Waals surface area contributed by atoms with Gasteiger partial charge in [-0.2, -0.15) is 0 Å². The number of rotatable bonds is 6. The molecule has 4 nitrogen and oxygen atoms in total. The Balaban J connectivity index is 1.06. The van der Waals surface area contributed by atoms with Crippen molar-refractivity contribution < 1.29 is 0 Å². The van der Waals surface area contributed by atoms with Crippen molar-refractivity contribution in [1.82, 2.24) is 18.7 Å². The average Bonchev–Trinajstić information content (AvgIpc) is 3.98. The summed E-state index contributed by atoms with van der Waals surface area (Å²) in [5.41, 5.74) is 15.8. The van der Waals surface area contributed by atoms with Crippen molar-refractivity contribution in [2.24, 2.45) is 0 Å². The van der Waals surface area contributed by atoms with Gasteiger partial charge in [-0.15, -0.1) is 0 Å². The molecule has 0 amide bonds. The van der Waals surface area contributed by atoms with E-state index in [1.165, 1.54) is 54.7 Å². The zero-order valence-electron chi connectivity index (χ0n) is 32.1. The number of imidazole rings is 1. The summed E-state index contributed by atoms with van der Waals surface area (Å²) in [5, 5.41) is 4.98. The first-order valence-corrected chi connectivity index (χ1v) is 20.1. The molecule has 0 saturated heterocycles. The van der Waals surface area contributed by atoms with Crippen LogP contribution in [0.15, 0.2) is 218 Å². The van der Waals surface area contributed by atoms with Crippen LogP contribution in [0.4, 0.5) is 0 Å². The van der Waals surface area contributed by atoms with Crippen LogP contribution in [0.2, 0.25) is 0 Å². The topological polar surface area (TPSA) is 27.7 Å². The van der Waals surface area contributed by atoms with Crippen LogP contribution < -0.4 is 0 Å². The summed E-state index contributed by atoms with van der Waals surface area (Å²) in [7, 11) is 0. The molecule has 0 radical (unpaired) electrons. The SMILES string of the molecule is c1ccc(-c2cccc(-c3nc4ccccc4n3-c3ccc(-c4cc(-n5c6ccccc6c6ccccc65)cc(-n5c6ccccc6c6ccccc65)c4)cc3)c2)cc1. The fourth-order valence-corrected chi connectivity index (χ4v) is 9.17. The lowest BCUT2D eigenvalue weighted by Gasteiger charge is -2.16. The Morgan fingerprint density at radius 3 is 1.25 bits per heavy atom. The molecule has 0 aliphatic carbocycles. The second-order valence-corrected chi connectivity index (χ2v) is 15.2. The molecular formula is C55H36N4. The molecule has 9 aromatic carbocycles. The second-order valence-electron chi connectivity index (χ2n) is 15.2. The summed E-state index contributed by atoms with van der Waals surface area (Å²) < 4.78 is 7.14. The van der Waals surface area contributed by atoms with Crippen LogP contribution in [0, 0.1) is 0 Å². The molecule has 0 spiro atoms. The third-order valence-corrected chi connectivity index (χ3v) is 11.8. The molecule has 12 aromatic rings. The monoisotopic (exact) mass is 752 g/mol. The highest BCUT2D eigenvalue weighted by molar-refractivity contribution is 6.10. The molecule has 0 unspecified atom stereocenters. The van der Waals surface area contributed by atoms with Gasteiger partial charge in [-0.05, 0) is 95.1 Å². The van der Waals surface area contributed by atoms with Gasteiger partial charge in [0, 0.05) is 44.2 Å². The molecule has 3 heterocycles. The number of fused-ring (bicyclic) bond motifs is 7. The molecule has 0 atom stereocenters. The highest BCUT2D eigenvalue weighted by atomic mass is 15.1. The van der Waals surface area contributed by atoms with Gasteiger partial charge in [0.05, 0.1) is 33.1 Å². The van der Waals surface area contributed by atoms with E-state index < -0.39 is 0 Å². The number of aromatic nitrogens is 4. The van der Waals surface area contributed by atoms with E-state index >= 15 is 0 Å². The molecule has 12 rings (SSSR count). The van der Waals surface area contributed by atoms with Gasteiger partial charge in [-0.1, -0.05) is 146 Å². The Hall–Kier alpha value is -7.95. The van der Waals surface area contributed by atoms with E-state index in [1.807, 2.05) is 0 Å². The molecule has 4 heteroatoms. The average molecular weight is 753 g/mol. The van der Waals surface area contributed by atoms with E-state index in [0.717, 1.165) is 50.6 Å². The van der Waals surface area contributed by atoms with Crippen molar-refractivity contribution in [2.75, 3.05) is 0 Å². The Morgan fingerprint density at radius 2 is 0.695 bits per heavy atom. The zero-order valence-corrected chi connectivity index (χ0v) is 32.1. The van der Waals surface area contributed by atoms with Crippen molar-refractivity contribution >= 4 is 54.6 Å². The van der Waals surface area contributed by atoms with Crippen LogP contribution in [-0.2, 0) is 0 Å². The van der Waals surface area contributed by atoms with Crippen LogP contribution in [0.1, 0.15) is 0 Å². The van der Waals surface area contributed by atoms with Crippen molar-refractivity contribution in [1.29, 1.82) is 0 Å². The predicted molar refractivity (Wildman–Crippen MR) is 246 cm³/mol. The summed E-state index contributed by atoms with van der Waals surface area (Å²) in [5.74, 6) is 0.916. The Labute approximate surface area is 341 Å². The van der Waals surface area contributed by atoms with E-state index in [2.05, 4.69) is 232 Å². The quantitative estimate of drug-likeness (QED) is 0.166. The maximum absolute atomic E-state index is 5.21. The van der Waals surface area contributed by atoms with Crippen LogP contribution in [0.5, 0.6) is 0 Å². The van der Waals surface area contributed by atoms with E-state index in [0.29, 0.717) is 0 Å². The summed E-state index contributed by atoms with van der Waals surface area (Å²) in [6.45, 7) is 0. The van der Waals surface area contributed by atoms with Crippen molar-refractivity contribution in [3.05, 3.63) is 218 Å². The number of hydrogen-bond donors (Lipinski definition) is 0. The van der Waals surface area contributed by atoms with Gasteiger partial charge in [0.25, 0.3) is 0 Å². The highest BCUT2D eigenvalue weighted by Gasteiger charge is 2.19. The first kappa shape index (κ1) is 33.2. The summed E-state index contributed by atoms with van der Waals surface area (Å²) >= 11 is 0. The number of para-hydroxylation sites is 6. The fourth-order valence-electron chi connectivity index (χ4n) is 9.17. The van der Waals surface area contributed by atoms with Crippen molar-refractivity contribution in [2.45, 2.75) is 0 Å². The van der Waals surface area contributed by atoms with E-state index in [1.54, 1.807) is 0 Å². The smallest absolute Gasteiger partial charge is 0.145 e. The number of nitrogens with zero attached hydrogens (tertiary/aromatic N) is 4. The van der Waals surface area contributed by atoms with Crippen LogP contribution in [0.3, 0.4) is 0 Å². The first-order valence-electron chi connectivity index (χ1n) is 20.1. The molecular weight excluding hydrogens is 717 g/mol. The standard InChI is InChI=1S/C55H36N4/c1-2-15-37(16-3-1)39-17-14-18-40(33-39)55-56-49-23-8-13-28-54(49)59(55)42-31-29-38(30-32-42)41-34-43(57-50-24-9-4-19-45(50)46-20-5-10-25-51(46)57)36-44(35-41)58-52-26-11-6-21-47(52)48-22-7-12-27-53(48)58/h1-36H. The van der Waals surface area contributed by atoms with Gasteiger partial charge in [-0.3, -0.25) is 4.57 Å². The minimum absolute atomic E-state index is 0.916. The predicted octanol–water partition coefficient (Wildman–Crippen LogP) is 14.2. The molecule has 0 saturated carbocycles. The maximum atomic E-state index is 5.21. The molecule has 0 bridgehead atoms. The fraction of sp³-hybridized carbons (Fsp3) is 0. The lowest BCUT2D eigenvalue weighted by molar-refractivity contribution is 1.10. The number of hydrogen-bond acceptors (Lipinski definition) is 1. The Bertz CT molecular complexity index is 3310. The largest absolute Gasteiger partial charge is 0.309 e. The normalized spacial score (nSPS) is 11.7. The highest BCUT2D eigenvalue weighted by Crippen LogP contribution is 2.39. The molecule has 3 aromatic heterocycles. The third kappa shape index (κ3) is 5.34. The summed E-state index contributed by atoms with van der Waals surface area (Å²) in [6.07, 6.45) is 0. The van der Waals surface area contributed by atoms with E-state index in [-0.39, 0.29) is 0 Å². The van der Waals surface area contributed by atoms with Crippen LogP contribution in [-0.4, -0.2) is 18.7 Å². The zero-order chi connectivity index (χ0) is 38.9. The summed E-state index contributed by atoms with van der Waals surface area (Å²) in [6, 6.07) is 78.7. The minimum Gasteiger partial charge on any atom is -0.309 e. The van der Waals surface area contributed by atoms with Gasteiger partial charge >= 0.3 is 0 Å². The molecule has 0 aliphatic rings. The van der Waals surface area contributed by atoms with Crippen molar-refractivity contribution in [3.8, 4) is 50.7 Å². The second kappa shape index (κ2) is 13.3. The van der Waals surface area contributed by atoms with Gasteiger partial charge in [0.15, 0.2) is 0 Å². The van der Waals surface area contributed by atoms with E-state index in [4.69, 9.17) is 4.98 Å². The third-order valence-electron chi connectivity index (χ3n) is 11.8. The van der Waals surface area contributed by atoms with E-state index in [9.17, 15) is 0 Å². The van der Waals surface area contributed by atoms with Gasteiger partial charge in [0.2, 0.25) is 0 Å². The van der Waals surface area contributed by atoms with Gasteiger partial charge in [-0.25, -0.2) is 4.98 Å². The Kier molecular flexibility index (Phi) is 7.50. The lowest BCUT2D eigenvalue weighted by Crippen LogP contribution is -2.00. The minimum atomic E-state index is 0.916. The van der Waals surface area contributed by atoms with Gasteiger partial charge in [0.1, 0.15) is 5.82 Å². The molecule has 0 aliphatic heterocycles. The molecule has 276 valence electrons. The molecule has 59 heavy (non-hydrogen) atoms. The molecule has 0 N–H and O–H groups in total. The van der Waals surface area contributed by atoms with Crippen LogP contribution >= 0.6 is 0 Å². The van der Waals surface area contributed by atoms with Gasteiger partial charge < -0.3 is 9.13 Å². The Morgan fingerprint density at radius 1 is 0.254 bits per heavy atom. The first-order chi connectivity index (χ1) is 29.3. The number of benzene rings is 9. The maximum Gasteiger partial charge on any atom is 0.145 e. The summed E-state index contributed by atoms with van der Waals surface area (Å²) in [4.78, 5) is 5.21.